The van der Waals surface area contributed by atoms with Crippen LogP contribution in [-0.2, 0) is 12.0 Å². The molecule has 132 valence electrons. The Balaban J connectivity index is 1.60. The van der Waals surface area contributed by atoms with Gasteiger partial charge in [-0.3, -0.25) is 9.48 Å². The average molecular weight is 339 g/mol. The van der Waals surface area contributed by atoms with Gasteiger partial charge in [-0.25, -0.2) is 0 Å². The molecule has 2 aliphatic carbocycles. The Bertz CT molecular complexity index is 815. The number of benzene rings is 1. The van der Waals surface area contributed by atoms with Crippen LogP contribution in [0.15, 0.2) is 30.3 Å². The van der Waals surface area contributed by atoms with E-state index in [1.165, 1.54) is 0 Å². The molecule has 1 aromatic heterocycles. The van der Waals surface area contributed by atoms with E-state index < -0.39 is 6.10 Å². The van der Waals surface area contributed by atoms with Crippen LogP contribution in [-0.4, -0.2) is 26.9 Å². The van der Waals surface area contributed by atoms with E-state index in [2.05, 4.69) is 31.2 Å². The highest BCUT2D eigenvalue weighted by Crippen LogP contribution is 2.42. The molecular weight excluding hydrogens is 314 g/mol. The molecule has 0 unspecified atom stereocenters. The van der Waals surface area contributed by atoms with Crippen molar-refractivity contribution in [1.29, 1.82) is 0 Å². The van der Waals surface area contributed by atoms with E-state index in [1.807, 2.05) is 35.0 Å². The van der Waals surface area contributed by atoms with Gasteiger partial charge in [0, 0.05) is 18.0 Å². The molecule has 2 aromatic rings. The van der Waals surface area contributed by atoms with E-state index in [9.17, 15) is 9.90 Å². The van der Waals surface area contributed by atoms with Crippen LogP contribution in [0.5, 0.6) is 0 Å². The summed E-state index contributed by atoms with van der Waals surface area (Å²) < 4.78 is 1.98. The number of hydrogen-bond donors (Lipinski definition) is 2. The van der Waals surface area contributed by atoms with E-state index in [4.69, 9.17) is 0 Å². The van der Waals surface area contributed by atoms with Gasteiger partial charge in [0.2, 0.25) is 0 Å². The summed E-state index contributed by atoms with van der Waals surface area (Å²) in [5, 5.41) is 17.9. The third kappa shape index (κ3) is 2.97. The van der Waals surface area contributed by atoms with Crippen molar-refractivity contribution in [3.63, 3.8) is 0 Å². The first-order valence-corrected chi connectivity index (χ1v) is 9.02. The molecule has 25 heavy (non-hydrogen) atoms. The fourth-order valence-electron chi connectivity index (χ4n) is 3.68. The molecule has 2 N–H and O–H groups in total. The van der Waals surface area contributed by atoms with Crippen LogP contribution in [0.25, 0.3) is 0 Å². The van der Waals surface area contributed by atoms with Crippen LogP contribution in [0.3, 0.4) is 0 Å². The molecule has 1 amide bonds. The lowest BCUT2D eigenvalue weighted by Gasteiger charge is -2.22. The first-order chi connectivity index (χ1) is 11.8. The van der Waals surface area contributed by atoms with Crippen LogP contribution in [0.4, 0.5) is 0 Å². The van der Waals surface area contributed by atoms with Crippen LogP contribution >= 0.6 is 0 Å². The summed E-state index contributed by atoms with van der Waals surface area (Å²) in [6, 6.07) is 9.43. The van der Waals surface area contributed by atoms with Gasteiger partial charge in [0.25, 0.3) is 5.91 Å². The van der Waals surface area contributed by atoms with Crippen LogP contribution in [0.1, 0.15) is 72.9 Å². The highest BCUT2D eigenvalue weighted by molar-refractivity contribution is 5.92. The maximum Gasteiger partial charge on any atom is 0.272 e. The standard InChI is InChI=1S/C20H25N3O2/c1-20(2,3)23-16(12-8-9-12)11-15(22-23)19(25)21-18-14-7-5-4-6-13(14)10-17(18)24/h4-7,11-12,17-18,24H,8-10H2,1-3H3,(H,21,25)/t17-,18-/m0/s1. The van der Waals surface area contributed by atoms with Gasteiger partial charge in [0.05, 0.1) is 17.7 Å². The van der Waals surface area contributed by atoms with Crippen molar-refractivity contribution in [1.82, 2.24) is 15.1 Å². The number of amides is 1. The molecule has 4 rings (SSSR count). The molecular formula is C20H25N3O2. The van der Waals surface area contributed by atoms with Crippen LogP contribution in [0, 0.1) is 0 Å². The zero-order chi connectivity index (χ0) is 17.8. The third-order valence-corrected chi connectivity index (χ3v) is 5.09. The molecule has 1 fully saturated rings. The molecule has 1 saturated carbocycles. The number of rotatable bonds is 3. The summed E-state index contributed by atoms with van der Waals surface area (Å²) in [7, 11) is 0. The minimum atomic E-state index is -0.589. The first-order valence-electron chi connectivity index (χ1n) is 9.02. The second-order valence-corrected chi connectivity index (χ2v) is 8.23. The fraction of sp³-hybridized carbons (Fsp3) is 0.500. The van der Waals surface area contributed by atoms with E-state index in [1.54, 1.807) is 0 Å². The second-order valence-electron chi connectivity index (χ2n) is 8.23. The highest BCUT2D eigenvalue weighted by atomic mass is 16.3. The monoisotopic (exact) mass is 339 g/mol. The zero-order valence-corrected chi connectivity index (χ0v) is 15.0. The van der Waals surface area contributed by atoms with E-state index in [0.29, 0.717) is 18.0 Å². The maximum atomic E-state index is 12.8. The van der Waals surface area contributed by atoms with E-state index >= 15 is 0 Å². The number of aliphatic hydroxyl groups is 1. The molecule has 1 heterocycles. The Morgan fingerprint density at radius 3 is 2.68 bits per heavy atom. The Labute approximate surface area is 148 Å². The van der Waals surface area contributed by atoms with Crippen LogP contribution in [0.2, 0.25) is 0 Å². The summed E-state index contributed by atoms with van der Waals surface area (Å²) >= 11 is 0. The first kappa shape index (κ1) is 16.3. The van der Waals surface area contributed by atoms with Crippen LogP contribution < -0.4 is 5.32 Å². The van der Waals surface area contributed by atoms with E-state index in [-0.39, 0.29) is 17.5 Å². The number of aromatic nitrogens is 2. The summed E-state index contributed by atoms with van der Waals surface area (Å²) in [5.74, 6) is 0.303. The zero-order valence-electron chi connectivity index (χ0n) is 15.0. The molecule has 1 aromatic carbocycles. The minimum absolute atomic E-state index is 0.157. The van der Waals surface area contributed by atoms with Crippen molar-refractivity contribution in [3.8, 4) is 0 Å². The molecule has 2 aliphatic rings. The molecule has 0 saturated heterocycles. The van der Waals surface area contributed by atoms with Gasteiger partial charge in [-0.1, -0.05) is 24.3 Å². The summed E-state index contributed by atoms with van der Waals surface area (Å²) in [5.41, 5.74) is 3.52. The average Bonchev–Trinajstić information content (AvgIpc) is 3.21. The minimum Gasteiger partial charge on any atom is -0.390 e. The Morgan fingerprint density at radius 2 is 2.00 bits per heavy atom. The van der Waals surface area contributed by atoms with Gasteiger partial charge >= 0.3 is 0 Å². The van der Waals surface area contributed by atoms with Crippen molar-refractivity contribution in [2.45, 2.75) is 63.6 Å². The largest absolute Gasteiger partial charge is 0.390 e. The highest BCUT2D eigenvalue weighted by Gasteiger charge is 2.35. The van der Waals surface area contributed by atoms with E-state index in [0.717, 1.165) is 29.7 Å². The second kappa shape index (κ2) is 5.70. The van der Waals surface area contributed by atoms with Crippen molar-refractivity contribution >= 4 is 5.91 Å². The number of hydrogen-bond acceptors (Lipinski definition) is 3. The topological polar surface area (TPSA) is 67.2 Å². The van der Waals surface area contributed by atoms with Crippen molar-refractivity contribution in [2.75, 3.05) is 0 Å². The molecule has 5 heteroatoms. The molecule has 0 spiro atoms. The lowest BCUT2D eigenvalue weighted by molar-refractivity contribution is 0.0852. The number of nitrogens with zero attached hydrogens (tertiary/aromatic N) is 2. The number of aliphatic hydroxyl groups excluding tert-OH is 1. The molecule has 0 bridgehead atoms. The van der Waals surface area contributed by atoms with Crippen molar-refractivity contribution < 1.29 is 9.90 Å². The molecule has 0 aliphatic heterocycles. The fourth-order valence-corrected chi connectivity index (χ4v) is 3.68. The normalized spacial score (nSPS) is 22.7. The van der Waals surface area contributed by atoms with Crippen molar-refractivity contribution in [3.05, 3.63) is 52.8 Å². The molecule has 2 atom stereocenters. The Morgan fingerprint density at radius 1 is 1.28 bits per heavy atom. The maximum absolute atomic E-state index is 12.8. The predicted molar refractivity (Wildman–Crippen MR) is 95.6 cm³/mol. The van der Waals surface area contributed by atoms with Gasteiger partial charge in [0.15, 0.2) is 0 Å². The van der Waals surface area contributed by atoms with Gasteiger partial charge in [-0.05, 0) is 50.8 Å². The Hall–Kier alpha value is -2.14. The van der Waals surface area contributed by atoms with Crippen molar-refractivity contribution in [2.24, 2.45) is 0 Å². The third-order valence-electron chi connectivity index (χ3n) is 5.09. The smallest absolute Gasteiger partial charge is 0.272 e. The summed E-state index contributed by atoms with van der Waals surface area (Å²) in [6.45, 7) is 6.31. The SMILES string of the molecule is CC(C)(C)n1nc(C(=O)N[C@H]2c3ccccc3C[C@@H]2O)cc1C1CC1. The summed E-state index contributed by atoms with van der Waals surface area (Å²) in [4.78, 5) is 12.8. The number of nitrogens with one attached hydrogen (secondary N) is 1. The number of fused-ring (bicyclic) bond motifs is 1. The quantitative estimate of drug-likeness (QED) is 0.903. The van der Waals surface area contributed by atoms with Gasteiger partial charge in [-0.15, -0.1) is 0 Å². The van der Waals surface area contributed by atoms with Gasteiger partial charge < -0.3 is 10.4 Å². The van der Waals surface area contributed by atoms with Gasteiger partial charge in [-0.2, -0.15) is 5.10 Å². The van der Waals surface area contributed by atoms with Gasteiger partial charge in [0.1, 0.15) is 5.69 Å². The lowest BCUT2D eigenvalue weighted by Crippen LogP contribution is -2.34. The molecule has 0 radical (unpaired) electrons. The number of carbonyl (C=O) groups excluding carboxylic acids is 1. The predicted octanol–water partition coefficient (Wildman–Crippen LogP) is 2.90. The molecule has 5 nitrogen and oxygen atoms in total. The Kier molecular flexibility index (Phi) is 3.72. The number of carbonyl (C=O) groups is 1. The summed E-state index contributed by atoms with van der Waals surface area (Å²) in [6.07, 6.45) is 2.31. The lowest BCUT2D eigenvalue weighted by atomic mass is 10.1.